The summed E-state index contributed by atoms with van der Waals surface area (Å²) in [5, 5.41) is 9.28. The molecule has 0 atom stereocenters. The quantitative estimate of drug-likeness (QED) is 0.335. The molecule has 0 N–H and O–H groups in total. The van der Waals surface area contributed by atoms with Crippen molar-refractivity contribution in [2.45, 2.75) is 11.7 Å². The molecule has 0 saturated heterocycles. The van der Waals surface area contributed by atoms with Crippen molar-refractivity contribution in [1.29, 1.82) is 0 Å². The number of nitrogens with zero attached hydrogens (tertiary/aromatic N) is 4. The van der Waals surface area contributed by atoms with Crippen molar-refractivity contribution in [2.24, 2.45) is 0 Å². The van der Waals surface area contributed by atoms with Crippen LogP contribution in [-0.2, 0) is 6.54 Å². The third kappa shape index (κ3) is 4.57. The fourth-order valence-electron chi connectivity index (χ4n) is 2.86. The van der Waals surface area contributed by atoms with Crippen molar-refractivity contribution in [3.05, 3.63) is 96.1 Å². The second kappa shape index (κ2) is 8.79. The summed E-state index contributed by atoms with van der Waals surface area (Å²) in [6.07, 6.45) is 3.45. The van der Waals surface area contributed by atoms with Gasteiger partial charge in [-0.3, -0.25) is 14.3 Å². The van der Waals surface area contributed by atoms with E-state index < -0.39 is 0 Å². The van der Waals surface area contributed by atoms with Crippen LogP contribution < -0.4 is 0 Å². The molecule has 29 heavy (non-hydrogen) atoms. The van der Waals surface area contributed by atoms with Gasteiger partial charge in [-0.25, -0.2) is 4.39 Å². The van der Waals surface area contributed by atoms with Crippen LogP contribution in [0.3, 0.4) is 0 Å². The predicted molar refractivity (Wildman–Crippen MR) is 110 cm³/mol. The molecule has 2 aromatic heterocycles. The predicted octanol–water partition coefficient (Wildman–Crippen LogP) is 4.50. The van der Waals surface area contributed by atoms with Gasteiger partial charge in [0.05, 0.1) is 12.3 Å². The number of Topliss-reactive ketones (excluding diaryl/α,β-unsaturated/α-hetero) is 1. The second-order valence-electron chi connectivity index (χ2n) is 6.34. The van der Waals surface area contributed by atoms with Crippen molar-refractivity contribution in [3.63, 3.8) is 0 Å². The fraction of sp³-hybridized carbons (Fsp3) is 0.0909. The van der Waals surface area contributed by atoms with Gasteiger partial charge in [0.15, 0.2) is 16.8 Å². The zero-order valence-electron chi connectivity index (χ0n) is 15.4. The number of rotatable bonds is 7. The van der Waals surface area contributed by atoms with E-state index in [9.17, 15) is 9.18 Å². The zero-order valence-corrected chi connectivity index (χ0v) is 16.2. The topological polar surface area (TPSA) is 60.7 Å². The lowest BCUT2D eigenvalue weighted by molar-refractivity contribution is 0.102. The van der Waals surface area contributed by atoms with E-state index in [0.29, 0.717) is 23.1 Å². The number of aromatic nitrogens is 4. The van der Waals surface area contributed by atoms with Gasteiger partial charge in [-0.1, -0.05) is 42.1 Å². The molecule has 0 aliphatic heterocycles. The molecule has 4 rings (SSSR count). The fourth-order valence-corrected chi connectivity index (χ4v) is 3.69. The number of carbonyl (C=O) groups is 1. The second-order valence-corrected chi connectivity index (χ2v) is 7.28. The van der Waals surface area contributed by atoms with Crippen LogP contribution >= 0.6 is 11.8 Å². The summed E-state index contributed by atoms with van der Waals surface area (Å²) in [6.45, 7) is 0.575. The van der Waals surface area contributed by atoms with Crippen LogP contribution in [0.1, 0.15) is 15.9 Å². The molecule has 2 heterocycles. The van der Waals surface area contributed by atoms with Gasteiger partial charge in [-0.15, -0.1) is 10.2 Å². The maximum atomic E-state index is 13.1. The summed E-state index contributed by atoms with van der Waals surface area (Å²) in [5.41, 5.74) is 2.43. The number of ketones is 1. The van der Waals surface area contributed by atoms with Crippen molar-refractivity contribution >= 4 is 17.5 Å². The van der Waals surface area contributed by atoms with E-state index in [0.717, 1.165) is 11.1 Å². The molecule has 0 spiro atoms. The molecule has 0 saturated carbocycles. The van der Waals surface area contributed by atoms with E-state index in [4.69, 9.17) is 0 Å². The number of benzene rings is 2. The lowest BCUT2D eigenvalue weighted by atomic mass is 10.1. The Hall–Kier alpha value is -3.32. The molecule has 4 aromatic rings. The van der Waals surface area contributed by atoms with Crippen molar-refractivity contribution < 1.29 is 9.18 Å². The van der Waals surface area contributed by atoms with Gasteiger partial charge < -0.3 is 0 Å². The molecule has 0 aliphatic rings. The summed E-state index contributed by atoms with van der Waals surface area (Å²) >= 11 is 1.31. The van der Waals surface area contributed by atoms with Crippen LogP contribution in [0.2, 0.25) is 0 Å². The van der Waals surface area contributed by atoms with E-state index in [2.05, 4.69) is 15.2 Å². The van der Waals surface area contributed by atoms with Crippen LogP contribution in [0.15, 0.2) is 84.3 Å². The van der Waals surface area contributed by atoms with Crippen LogP contribution in [0, 0.1) is 5.82 Å². The molecule has 5 nitrogen and oxygen atoms in total. The molecule has 0 aliphatic carbocycles. The molecule has 2 aromatic carbocycles. The Morgan fingerprint density at radius 3 is 2.48 bits per heavy atom. The van der Waals surface area contributed by atoms with Crippen LogP contribution in [0.4, 0.5) is 4.39 Å². The van der Waals surface area contributed by atoms with Gasteiger partial charge in [0.1, 0.15) is 5.82 Å². The van der Waals surface area contributed by atoms with Crippen LogP contribution in [-0.4, -0.2) is 31.3 Å². The average molecular weight is 404 g/mol. The number of carbonyl (C=O) groups excluding carboxylic acids is 1. The SMILES string of the molecule is O=C(CSc1nnc(-c2cccnc2)n1Cc1ccccc1)c1ccc(F)cc1. The lowest BCUT2D eigenvalue weighted by Crippen LogP contribution is -2.07. The van der Waals surface area contributed by atoms with Gasteiger partial charge in [-0.05, 0) is 42.0 Å². The van der Waals surface area contributed by atoms with Gasteiger partial charge in [0.2, 0.25) is 0 Å². The number of pyridine rings is 1. The monoisotopic (exact) mass is 404 g/mol. The first-order valence-corrected chi connectivity index (χ1v) is 9.98. The molecule has 0 unspecified atom stereocenters. The average Bonchev–Trinajstić information content (AvgIpc) is 3.16. The summed E-state index contributed by atoms with van der Waals surface area (Å²) in [5.74, 6) is 0.426. The largest absolute Gasteiger partial charge is 0.297 e. The first kappa shape index (κ1) is 19.0. The normalized spacial score (nSPS) is 10.8. The van der Waals surface area contributed by atoms with Crippen molar-refractivity contribution in [1.82, 2.24) is 19.7 Å². The first-order valence-electron chi connectivity index (χ1n) is 9.00. The highest BCUT2D eigenvalue weighted by Gasteiger charge is 2.17. The zero-order chi connectivity index (χ0) is 20.1. The third-order valence-electron chi connectivity index (χ3n) is 4.32. The van der Waals surface area contributed by atoms with Gasteiger partial charge >= 0.3 is 0 Å². The first-order chi connectivity index (χ1) is 14.2. The number of thioether (sulfide) groups is 1. The number of halogens is 1. The molecular formula is C22H17FN4OS. The minimum absolute atomic E-state index is 0.0906. The third-order valence-corrected chi connectivity index (χ3v) is 5.29. The maximum Gasteiger partial charge on any atom is 0.192 e. The molecule has 7 heteroatoms. The van der Waals surface area contributed by atoms with Gasteiger partial charge in [-0.2, -0.15) is 0 Å². The Labute approximate surface area is 171 Å². The maximum absolute atomic E-state index is 13.1. The molecular weight excluding hydrogens is 387 g/mol. The Balaban J connectivity index is 1.59. The van der Waals surface area contributed by atoms with E-state index >= 15 is 0 Å². The molecule has 0 fully saturated rings. The summed E-state index contributed by atoms with van der Waals surface area (Å²) in [4.78, 5) is 16.6. The Morgan fingerprint density at radius 1 is 0.966 bits per heavy atom. The smallest absolute Gasteiger partial charge is 0.192 e. The van der Waals surface area contributed by atoms with Gasteiger partial charge in [0, 0.05) is 23.5 Å². The van der Waals surface area contributed by atoms with Crippen LogP contribution in [0.25, 0.3) is 11.4 Å². The van der Waals surface area contributed by atoms with Crippen LogP contribution in [0.5, 0.6) is 0 Å². The Kier molecular flexibility index (Phi) is 5.76. The summed E-state index contributed by atoms with van der Waals surface area (Å²) < 4.78 is 15.1. The van der Waals surface area contributed by atoms with Gasteiger partial charge in [0.25, 0.3) is 0 Å². The highest BCUT2D eigenvalue weighted by atomic mass is 32.2. The highest BCUT2D eigenvalue weighted by Crippen LogP contribution is 2.25. The van der Waals surface area contributed by atoms with Crippen molar-refractivity contribution in [3.8, 4) is 11.4 Å². The lowest BCUT2D eigenvalue weighted by Gasteiger charge is -2.10. The molecule has 0 amide bonds. The Bertz CT molecular complexity index is 1100. The Morgan fingerprint density at radius 2 is 1.76 bits per heavy atom. The molecule has 0 radical (unpaired) electrons. The van der Waals surface area contributed by atoms with E-state index in [1.54, 1.807) is 12.4 Å². The van der Waals surface area contributed by atoms with Crippen molar-refractivity contribution in [2.75, 3.05) is 5.75 Å². The summed E-state index contributed by atoms with van der Waals surface area (Å²) in [6, 6.07) is 19.3. The number of hydrogen-bond acceptors (Lipinski definition) is 5. The van der Waals surface area contributed by atoms with E-state index in [1.165, 1.54) is 36.0 Å². The highest BCUT2D eigenvalue weighted by molar-refractivity contribution is 7.99. The van der Waals surface area contributed by atoms with E-state index in [1.807, 2.05) is 47.0 Å². The standard InChI is InChI=1S/C22H17FN4OS/c23-19-10-8-17(9-11-19)20(28)15-29-22-26-25-21(18-7-4-12-24-13-18)27(22)14-16-5-2-1-3-6-16/h1-13H,14-15H2. The minimum Gasteiger partial charge on any atom is -0.297 e. The summed E-state index contributed by atoms with van der Waals surface area (Å²) in [7, 11) is 0. The minimum atomic E-state index is -0.363. The molecule has 144 valence electrons. The van der Waals surface area contributed by atoms with E-state index in [-0.39, 0.29) is 17.4 Å². The number of hydrogen-bond donors (Lipinski definition) is 0. The molecule has 0 bridgehead atoms.